The van der Waals surface area contributed by atoms with Crippen LogP contribution in [-0.4, -0.2) is 74.1 Å². The molecule has 0 spiro atoms. The van der Waals surface area contributed by atoms with Crippen molar-refractivity contribution in [3.05, 3.63) is 41.5 Å². The van der Waals surface area contributed by atoms with Crippen LogP contribution in [0.1, 0.15) is 22.5 Å². The number of nitrogens with zero attached hydrogens (tertiary/aromatic N) is 2. The Labute approximate surface area is 220 Å². The second-order valence-corrected chi connectivity index (χ2v) is 11.0. The molecule has 2 aliphatic rings. The summed E-state index contributed by atoms with van der Waals surface area (Å²) < 4.78 is 86.9. The van der Waals surface area contributed by atoms with Crippen LogP contribution < -0.4 is 20.1 Å². The summed E-state index contributed by atoms with van der Waals surface area (Å²) in [5, 5.41) is 4.10. The highest BCUT2D eigenvalue weighted by Gasteiger charge is 2.41. The van der Waals surface area contributed by atoms with Gasteiger partial charge in [0.05, 0.1) is 6.61 Å². The van der Waals surface area contributed by atoms with Crippen molar-refractivity contribution in [2.75, 3.05) is 31.6 Å². The van der Waals surface area contributed by atoms with Crippen molar-refractivity contribution < 1.29 is 45.1 Å². The number of nitrogens with one attached hydrogen (secondary N) is 3. The van der Waals surface area contributed by atoms with E-state index in [0.29, 0.717) is 0 Å². The first-order chi connectivity index (χ1) is 18.2. The van der Waals surface area contributed by atoms with Crippen molar-refractivity contribution >= 4 is 33.4 Å². The van der Waals surface area contributed by atoms with Gasteiger partial charge in [0, 0.05) is 44.0 Å². The molecule has 4 rings (SSSR count). The van der Waals surface area contributed by atoms with Crippen LogP contribution in [0, 0.1) is 18.7 Å². The van der Waals surface area contributed by atoms with E-state index in [1.54, 1.807) is 0 Å². The minimum Gasteiger partial charge on any atom is -0.489 e. The Morgan fingerprint density at radius 3 is 2.62 bits per heavy atom. The fourth-order valence-corrected chi connectivity index (χ4v) is 6.01. The lowest BCUT2D eigenvalue weighted by Crippen LogP contribution is -2.57. The molecule has 3 amide bonds. The normalized spacial score (nSPS) is 20.5. The molecule has 1 aromatic heterocycles. The van der Waals surface area contributed by atoms with Crippen molar-refractivity contribution in [2.45, 2.75) is 30.5 Å². The monoisotopic (exact) mass is 575 g/mol. The Bertz CT molecular complexity index is 1420. The Morgan fingerprint density at radius 2 is 1.95 bits per heavy atom. The molecule has 1 saturated heterocycles. The van der Waals surface area contributed by atoms with Gasteiger partial charge in [-0.05, 0) is 37.1 Å². The number of sulfonamides is 1. The Kier molecular flexibility index (Phi) is 7.62. The molecule has 2 aliphatic heterocycles. The van der Waals surface area contributed by atoms with Crippen LogP contribution in [0.5, 0.6) is 5.75 Å². The van der Waals surface area contributed by atoms with Gasteiger partial charge in [0.25, 0.3) is 5.91 Å². The number of amides is 3. The minimum absolute atomic E-state index is 0.0744. The molecular formula is C23H25F4N5O6S. The summed E-state index contributed by atoms with van der Waals surface area (Å²) in [6, 6.07) is 3.22. The Hall–Kier alpha value is -3.66. The van der Waals surface area contributed by atoms with E-state index >= 15 is 0 Å². The third kappa shape index (κ3) is 6.16. The van der Waals surface area contributed by atoms with Gasteiger partial charge in [-0.25, -0.2) is 17.5 Å². The van der Waals surface area contributed by atoms with E-state index in [1.165, 1.54) is 48.3 Å². The lowest BCUT2D eigenvalue weighted by molar-refractivity contribution is -0.152. The number of aryl methyl sites for hydroxylation is 2. The molecule has 1 fully saturated rings. The number of alkyl halides is 3. The summed E-state index contributed by atoms with van der Waals surface area (Å²) in [5.74, 6) is -4.73. The number of benzene rings is 1. The van der Waals surface area contributed by atoms with Gasteiger partial charge in [-0.3, -0.25) is 14.4 Å². The average Bonchev–Trinajstić information content (AvgIpc) is 3.19. The summed E-state index contributed by atoms with van der Waals surface area (Å²) in [6.45, 7) is -0.578. The van der Waals surface area contributed by atoms with E-state index in [1.807, 2.05) is 0 Å². The summed E-state index contributed by atoms with van der Waals surface area (Å²) >= 11 is 0. The number of anilines is 1. The lowest BCUT2D eigenvalue weighted by atomic mass is 9.93. The number of hydrogen-bond donors (Lipinski definition) is 3. The number of carbonyl (C=O) groups excluding carboxylic acids is 3. The largest absolute Gasteiger partial charge is 0.489 e. The highest BCUT2D eigenvalue weighted by Crippen LogP contribution is 2.34. The van der Waals surface area contributed by atoms with Crippen molar-refractivity contribution in [2.24, 2.45) is 13.0 Å². The van der Waals surface area contributed by atoms with Gasteiger partial charge in [-0.1, -0.05) is 0 Å². The molecule has 0 unspecified atom stereocenters. The highest BCUT2D eigenvalue weighted by atomic mass is 32.2. The van der Waals surface area contributed by atoms with Crippen molar-refractivity contribution in [1.29, 1.82) is 0 Å². The SMILES string of the molecule is Cc1cc(NC(=O)c2c3c(cn2C)S(=O)(=O)N[C@@H]2CCN(C(=O)C(=O)NCC(F)(F)F)C[C@H]2CO3)ccc1F. The zero-order valence-corrected chi connectivity index (χ0v) is 21.6. The van der Waals surface area contributed by atoms with Crippen LogP contribution in [0.15, 0.2) is 29.3 Å². The summed E-state index contributed by atoms with van der Waals surface area (Å²) in [4.78, 5) is 38.2. The minimum atomic E-state index is -4.69. The van der Waals surface area contributed by atoms with Crippen LogP contribution in [0.4, 0.5) is 23.2 Å². The third-order valence-corrected chi connectivity index (χ3v) is 7.92. The number of halogens is 4. The third-order valence-electron chi connectivity index (χ3n) is 6.44. The fourth-order valence-electron chi connectivity index (χ4n) is 4.48. The molecule has 0 aliphatic carbocycles. The number of aromatic nitrogens is 1. The van der Waals surface area contributed by atoms with Gasteiger partial charge in [0.15, 0.2) is 11.4 Å². The number of rotatable bonds is 3. The molecule has 3 heterocycles. The van der Waals surface area contributed by atoms with Crippen LogP contribution in [0.25, 0.3) is 0 Å². The second-order valence-electron chi connectivity index (χ2n) is 9.34. The maximum Gasteiger partial charge on any atom is 0.405 e. The number of hydrogen-bond acceptors (Lipinski definition) is 6. The van der Waals surface area contributed by atoms with E-state index in [4.69, 9.17) is 4.74 Å². The van der Waals surface area contributed by atoms with E-state index in [2.05, 4.69) is 10.0 Å². The molecule has 2 atom stereocenters. The van der Waals surface area contributed by atoms with Crippen molar-refractivity contribution in [3.8, 4) is 5.75 Å². The highest BCUT2D eigenvalue weighted by molar-refractivity contribution is 7.89. The van der Waals surface area contributed by atoms with Gasteiger partial charge in [0.2, 0.25) is 10.0 Å². The predicted octanol–water partition coefficient (Wildman–Crippen LogP) is 1.29. The Morgan fingerprint density at radius 1 is 1.23 bits per heavy atom. The molecule has 3 N–H and O–H groups in total. The predicted molar refractivity (Wildman–Crippen MR) is 128 cm³/mol. The number of carbonyl (C=O) groups is 3. The molecular weight excluding hydrogens is 550 g/mol. The fraction of sp³-hybridized carbons (Fsp3) is 0.435. The molecule has 11 nitrogen and oxygen atoms in total. The van der Waals surface area contributed by atoms with Crippen molar-refractivity contribution in [1.82, 2.24) is 19.5 Å². The summed E-state index contributed by atoms with van der Waals surface area (Å²) in [7, 11) is -2.76. The molecule has 0 saturated carbocycles. The first kappa shape index (κ1) is 28.4. The molecule has 0 radical (unpaired) electrons. The first-order valence-corrected chi connectivity index (χ1v) is 13.2. The molecule has 39 heavy (non-hydrogen) atoms. The zero-order valence-electron chi connectivity index (χ0n) is 20.8. The molecule has 1 aromatic carbocycles. The zero-order chi connectivity index (χ0) is 28.7. The molecule has 212 valence electrons. The smallest absolute Gasteiger partial charge is 0.405 e. The summed E-state index contributed by atoms with van der Waals surface area (Å²) in [5.41, 5.74) is 0.421. The van der Waals surface area contributed by atoms with Crippen LogP contribution >= 0.6 is 0 Å². The van der Waals surface area contributed by atoms with Crippen LogP contribution in [0.2, 0.25) is 0 Å². The maximum atomic E-state index is 13.6. The average molecular weight is 576 g/mol. The summed E-state index contributed by atoms with van der Waals surface area (Å²) in [6.07, 6.45) is -3.40. The van der Waals surface area contributed by atoms with E-state index < -0.39 is 58.2 Å². The van der Waals surface area contributed by atoms with E-state index in [0.717, 1.165) is 4.90 Å². The topological polar surface area (TPSA) is 139 Å². The molecule has 16 heteroatoms. The van der Waals surface area contributed by atoms with E-state index in [9.17, 15) is 40.4 Å². The van der Waals surface area contributed by atoms with Crippen LogP contribution in [-0.2, 0) is 26.7 Å². The van der Waals surface area contributed by atoms with Gasteiger partial charge in [-0.2, -0.15) is 13.2 Å². The van der Waals surface area contributed by atoms with Gasteiger partial charge in [-0.15, -0.1) is 0 Å². The van der Waals surface area contributed by atoms with Gasteiger partial charge >= 0.3 is 18.0 Å². The maximum absolute atomic E-state index is 13.6. The lowest BCUT2D eigenvalue weighted by Gasteiger charge is -2.39. The molecule has 2 aromatic rings. The Balaban J connectivity index is 1.54. The number of likely N-dealkylation sites (tertiary alicyclic amines) is 1. The van der Waals surface area contributed by atoms with Gasteiger partial charge in [0.1, 0.15) is 17.3 Å². The first-order valence-electron chi connectivity index (χ1n) is 11.7. The van der Waals surface area contributed by atoms with Crippen molar-refractivity contribution in [3.63, 3.8) is 0 Å². The second kappa shape index (κ2) is 10.5. The standard InChI is InChI=1S/C23H25F4N5O6S/c1-12-7-14(3-4-15(12)24)29-20(33)18-19-17(9-31(18)2)39(36,37)30-16-5-6-32(8-13(16)10-38-19)22(35)21(34)28-11-23(25,26)27/h3-4,7,9,13,16,30H,5-6,8,10-11H2,1-2H3,(H,28,34)(H,29,33)/t13-,16+/m0/s1. The molecule has 0 bridgehead atoms. The van der Waals surface area contributed by atoms with Gasteiger partial charge < -0.3 is 24.8 Å². The number of piperidine rings is 1. The number of ether oxygens (including phenoxy) is 1. The van der Waals surface area contributed by atoms with E-state index in [-0.39, 0.29) is 53.7 Å². The van der Waals surface area contributed by atoms with Crippen LogP contribution in [0.3, 0.4) is 0 Å². The number of fused-ring (bicyclic) bond motifs is 2. The quantitative estimate of drug-likeness (QED) is 0.373.